The summed E-state index contributed by atoms with van der Waals surface area (Å²) in [6.45, 7) is 4.56. The van der Waals surface area contributed by atoms with Gasteiger partial charge in [-0.25, -0.2) is 8.78 Å². The minimum absolute atomic E-state index is 0.0432. The molecule has 0 aliphatic rings. The van der Waals surface area contributed by atoms with Gasteiger partial charge in [-0.3, -0.25) is 4.99 Å². The van der Waals surface area contributed by atoms with Gasteiger partial charge in [-0.15, -0.1) is 0 Å². The van der Waals surface area contributed by atoms with Crippen molar-refractivity contribution >= 4 is 5.96 Å². The fourth-order valence-electron chi connectivity index (χ4n) is 1.82. The molecule has 0 saturated heterocycles. The Labute approximate surface area is 118 Å². The van der Waals surface area contributed by atoms with Crippen molar-refractivity contribution in [3.05, 3.63) is 35.4 Å². The smallest absolute Gasteiger partial charge is 0.188 e. The van der Waals surface area contributed by atoms with Crippen molar-refractivity contribution in [2.45, 2.75) is 25.8 Å². The summed E-state index contributed by atoms with van der Waals surface area (Å²) >= 11 is 0. The number of aliphatic imine (C=N–C) groups is 1. The quantitative estimate of drug-likeness (QED) is 0.621. The van der Waals surface area contributed by atoms with E-state index in [-0.39, 0.29) is 17.9 Å². The zero-order chi connectivity index (χ0) is 15.1. The van der Waals surface area contributed by atoms with Crippen LogP contribution in [0.15, 0.2) is 23.2 Å². The molecule has 0 fully saturated rings. The fourth-order valence-corrected chi connectivity index (χ4v) is 1.82. The Hall–Kier alpha value is -1.69. The van der Waals surface area contributed by atoms with E-state index in [1.165, 1.54) is 12.1 Å². The summed E-state index contributed by atoms with van der Waals surface area (Å²) < 4.78 is 31.4. The minimum Gasteiger partial charge on any atom is -0.383 e. The number of methoxy groups -OCH3 is 1. The molecule has 0 aliphatic heterocycles. The Morgan fingerprint density at radius 1 is 1.40 bits per heavy atom. The summed E-state index contributed by atoms with van der Waals surface area (Å²) in [5.74, 6) is -1.05. The number of ether oxygens (including phenoxy) is 1. The molecule has 6 heteroatoms. The number of benzene rings is 1. The van der Waals surface area contributed by atoms with Gasteiger partial charge in [0, 0.05) is 31.7 Å². The van der Waals surface area contributed by atoms with Gasteiger partial charge >= 0.3 is 0 Å². The highest BCUT2D eigenvalue weighted by atomic mass is 19.1. The normalized spacial score (nSPS) is 14.9. The van der Waals surface area contributed by atoms with E-state index in [0.29, 0.717) is 18.7 Å². The van der Waals surface area contributed by atoms with Crippen LogP contribution >= 0.6 is 0 Å². The number of guanidine groups is 1. The van der Waals surface area contributed by atoms with Gasteiger partial charge in [0.15, 0.2) is 5.96 Å². The predicted molar refractivity (Wildman–Crippen MR) is 75.7 cm³/mol. The molecule has 2 atom stereocenters. The molecular weight excluding hydrogens is 264 g/mol. The molecule has 0 saturated carbocycles. The van der Waals surface area contributed by atoms with E-state index >= 15 is 0 Å². The second-order valence-electron chi connectivity index (χ2n) is 4.79. The van der Waals surface area contributed by atoms with Gasteiger partial charge in [-0.1, -0.05) is 13.0 Å². The first-order valence-corrected chi connectivity index (χ1v) is 6.44. The number of rotatable bonds is 6. The number of nitrogens with two attached hydrogens (primary N) is 1. The van der Waals surface area contributed by atoms with E-state index in [4.69, 9.17) is 10.5 Å². The van der Waals surface area contributed by atoms with Crippen molar-refractivity contribution in [1.82, 2.24) is 5.32 Å². The number of halogens is 2. The van der Waals surface area contributed by atoms with Crippen LogP contribution in [0.25, 0.3) is 0 Å². The summed E-state index contributed by atoms with van der Waals surface area (Å²) in [5, 5.41) is 2.96. The number of hydrogen-bond acceptors (Lipinski definition) is 2. The zero-order valence-corrected chi connectivity index (χ0v) is 12.0. The SMILES string of the molecule is COCC(C)NC(N)=NCC(C)c1ccc(F)cc1F. The Morgan fingerprint density at radius 2 is 2.10 bits per heavy atom. The van der Waals surface area contributed by atoms with Crippen molar-refractivity contribution < 1.29 is 13.5 Å². The molecule has 0 aromatic heterocycles. The standard InChI is InChI=1S/C14H21F2N3O/c1-9(12-5-4-11(15)6-13(12)16)7-18-14(17)19-10(2)8-20-3/h4-6,9-10H,7-8H2,1-3H3,(H3,17,18,19). The Bertz CT molecular complexity index is 466. The molecule has 1 rings (SSSR count). The van der Waals surface area contributed by atoms with Crippen LogP contribution in [0.2, 0.25) is 0 Å². The summed E-state index contributed by atoms with van der Waals surface area (Å²) in [7, 11) is 1.60. The fraction of sp³-hybridized carbons (Fsp3) is 0.500. The summed E-state index contributed by atoms with van der Waals surface area (Å²) in [6.07, 6.45) is 0. The van der Waals surface area contributed by atoms with E-state index < -0.39 is 11.6 Å². The lowest BCUT2D eigenvalue weighted by Gasteiger charge is -2.14. The highest BCUT2D eigenvalue weighted by Gasteiger charge is 2.11. The highest BCUT2D eigenvalue weighted by molar-refractivity contribution is 5.78. The zero-order valence-electron chi connectivity index (χ0n) is 12.0. The number of nitrogens with one attached hydrogen (secondary N) is 1. The topological polar surface area (TPSA) is 59.6 Å². The van der Waals surface area contributed by atoms with E-state index in [9.17, 15) is 8.78 Å². The maximum absolute atomic E-state index is 13.6. The molecule has 20 heavy (non-hydrogen) atoms. The molecule has 0 amide bonds. The van der Waals surface area contributed by atoms with Gasteiger partial charge in [0.2, 0.25) is 0 Å². The van der Waals surface area contributed by atoms with Crippen LogP contribution in [0.3, 0.4) is 0 Å². The second-order valence-corrected chi connectivity index (χ2v) is 4.79. The van der Waals surface area contributed by atoms with Gasteiger partial charge < -0.3 is 15.8 Å². The summed E-state index contributed by atoms with van der Waals surface area (Å²) in [5.41, 5.74) is 6.15. The molecular formula is C14H21F2N3O. The van der Waals surface area contributed by atoms with Crippen molar-refractivity contribution in [2.24, 2.45) is 10.7 Å². The van der Waals surface area contributed by atoms with Gasteiger partial charge in [0.1, 0.15) is 11.6 Å². The lowest BCUT2D eigenvalue weighted by atomic mass is 10.0. The molecule has 0 spiro atoms. The lowest BCUT2D eigenvalue weighted by Crippen LogP contribution is -2.40. The van der Waals surface area contributed by atoms with Crippen LogP contribution in [0.4, 0.5) is 8.78 Å². The van der Waals surface area contributed by atoms with Crippen LogP contribution in [-0.4, -0.2) is 32.3 Å². The maximum atomic E-state index is 13.6. The van der Waals surface area contributed by atoms with Gasteiger partial charge in [-0.05, 0) is 18.6 Å². The molecule has 2 unspecified atom stereocenters. The van der Waals surface area contributed by atoms with Gasteiger partial charge in [0.05, 0.1) is 6.61 Å². The molecule has 3 N–H and O–H groups in total. The third-order valence-corrected chi connectivity index (χ3v) is 2.84. The minimum atomic E-state index is -0.587. The third-order valence-electron chi connectivity index (χ3n) is 2.84. The van der Waals surface area contributed by atoms with Crippen LogP contribution in [0.5, 0.6) is 0 Å². The number of nitrogens with zero attached hydrogens (tertiary/aromatic N) is 1. The van der Waals surface area contributed by atoms with Crippen LogP contribution in [0.1, 0.15) is 25.3 Å². The van der Waals surface area contributed by atoms with E-state index in [0.717, 1.165) is 6.07 Å². The van der Waals surface area contributed by atoms with Crippen molar-refractivity contribution in [2.75, 3.05) is 20.3 Å². The molecule has 1 aromatic rings. The maximum Gasteiger partial charge on any atom is 0.188 e. The van der Waals surface area contributed by atoms with E-state index in [2.05, 4.69) is 10.3 Å². The average Bonchev–Trinajstić information content (AvgIpc) is 2.36. The summed E-state index contributed by atoms with van der Waals surface area (Å²) in [6, 6.07) is 3.59. The molecule has 0 heterocycles. The van der Waals surface area contributed by atoms with E-state index in [1.807, 2.05) is 13.8 Å². The Kier molecular flexibility index (Phi) is 6.38. The van der Waals surface area contributed by atoms with Crippen LogP contribution in [-0.2, 0) is 4.74 Å². The summed E-state index contributed by atoms with van der Waals surface area (Å²) in [4.78, 5) is 4.15. The molecule has 0 aliphatic carbocycles. The first-order valence-electron chi connectivity index (χ1n) is 6.44. The largest absolute Gasteiger partial charge is 0.383 e. The average molecular weight is 285 g/mol. The molecule has 112 valence electrons. The Balaban J connectivity index is 2.59. The van der Waals surface area contributed by atoms with Crippen LogP contribution < -0.4 is 11.1 Å². The Morgan fingerprint density at radius 3 is 2.70 bits per heavy atom. The lowest BCUT2D eigenvalue weighted by molar-refractivity contribution is 0.179. The first kappa shape index (κ1) is 16.4. The highest BCUT2D eigenvalue weighted by Crippen LogP contribution is 2.19. The van der Waals surface area contributed by atoms with Gasteiger partial charge in [-0.2, -0.15) is 0 Å². The van der Waals surface area contributed by atoms with Gasteiger partial charge in [0.25, 0.3) is 0 Å². The molecule has 1 aromatic carbocycles. The van der Waals surface area contributed by atoms with Crippen LogP contribution in [0, 0.1) is 11.6 Å². The predicted octanol–water partition coefficient (Wildman–Crippen LogP) is 2.01. The second kappa shape index (κ2) is 7.79. The first-order chi connectivity index (χ1) is 9.43. The van der Waals surface area contributed by atoms with Crippen molar-refractivity contribution in [3.8, 4) is 0 Å². The third kappa shape index (κ3) is 5.13. The molecule has 0 bridgehead atoms. The monoisotopic (exact) mass is 285 g/mol. The van der Waals surface area contributed by atoms with Crippen molar-refractivity contribution in [3.63, 3.8) is 0 Å². The number of hydrogen-bond donors (Lipinski definition) is 2. The van der Waals surface area contributed by atoms with E-state index in [1.54, 1.807) is 7.11 Å². The molecule has 0 radical (unpaired) electrons. The molecule has 4 nitrogen and oxygen atoms in total. The van der Waals surface area contributed by atoms with Crippen molar-refractivity contribution in [1.29, 1.82) is 0 Å².